The van der Waals surface area contributed by atoms with E-state index >= 15 is 0 Å². The third-order valence-electron chi connectivity index (χ3n) is 2.39. The molecule has 3 nitrogen and oxygen atoms in total. The molecule has 0 aliphatic rings. The smallest absolute Gasteiger partial charge is 0.167 e. The Morgan fingerprint density at radius 2 is 2.33 bits per heavy atom. The number of allylic oxidation sites excluding steroid dienone is 1. The van der Waals surface area contributed by atoms with Crippen LogP contribution in [-0.4, -0.2) is 15.6 Å². The van der Waals surface area contributed by atoms with Crippen LogP contribution in [0.25, 0.3) is 6.08 Å². The molecule has 0 aliphatic carbocycles. The molecule has 0 radical (unpaired) electrons. The number of rotatable bonds is 5. The average molecular weight is 204 g/mol. The minimum absolute atomic E-state index is 0.0883. The highest BCUT2D eigenvalue weighted by Gasteiger charge is 2.15. The number of Topliss-reactive ketones (excluding diaryl/α,β-unsaturated/α-hetero) is 1. The third kappa shape index (κ3) is 2.43. The molecule has 0 aromatic carbocycles. The van der Waals surface area contributed by atoms with Crippen molar-refractivity contribution in [3.63, 3.8) is 0 Å². The van der Waals surface area contributed by atoms with E-state index < -0.39 is 0 Å². The van der Waals surface area contributed by atoms with E-state index in [4.69, 9.17) is 0 Å². The van der Waals surface area contributed by atoms with E-state index in [2.05, 4.69) is 18.3 Å². The summed E-state index contributed by atoms with van der Waals surface area (Å²) in [6.45, 7) is 9.30. The molecule has 3 heteroatoms. The molecule has 0 saturated heterocycles. The summed E-state index contributed by atoms with van der Waals surface area (Å²) in [5, 5.41) is 4.04. The first-order valence-electron chi connectivity index (χ1n) is 4.90. The summed E-state index contributed by atoms with van der Waals surface area (Å²) in [5.41, 5.74) is 1.41. The van der Waals surface area contributed by atoms with Crippen LogP contribution in [0.1, 0.15) is 29.4 Å². The number of hydrogen-bond donors (Lipinski definition) is 0. The number of nitrogens with zero attached hydrogens (tertiary/aromatic N) is 2. The summed E-state index contributed by atoms with van der Waals surface area (Å²) >= 11 is 0. The molecule has 0 N–H and O–H groups in total. The molecule has 1 unspecified atom stereocenters. The van der Waals surface area contributed by atoms with Crippen LogP contribution >= 0.6 is 0 Å². The maximum Gasteiger partial charge on any atom is 0.167 e. The molecule has 0 spiro atoms. The van der Waals surface area contributed by atoms with Crippen LogP contribution in [0.5, 0.6) is 0 Å². The second-order valence-corrected chi connectivity index (χ2v) is 3.61. The minimum Gasteiger partial charge on any atom is -0.294 e. The van der Waals surface area contributed by atoms with Crippen molar-refractivity contribution in [2.75, 3.05) is 0 Å². The molecule has 1 atom stereocenters. The van der Waals surface area contributed by atoms with Crippen molar-refractivity contribution in [3.8, 4) is 0 Å². The molecule has 15 heavy (non-hydrogen) atoms. The molecule has 80 valence electrons. The van der Waals surface area contributed by atoms with Crippen LogP contribution in [-0.2, 0) is 7.05 Å². The quantitative estimate of drug-likeness (QED) is 0.545. The van der Waals surface area contributed by atoms with Crippen LogP contribution in [0.4, 0.5) is 0 Å². The molecular formula is C12H16N2O. The van der Waals surface area contributed by atoms with Gasteiger partial charge in [0.25, 0.3) is 0 Å². The molecule has 0 amide bonds. The number of aryl methyl sites for hydroxylation is 1. The number of aromatic nitrogens is 2. The summed E-state index contributed by atoms with van der Waals surface area (Å²) in [4.78, 5) is 11.9. The Morgan fingerprint density at radius 1 is 1.67 bits per heavy atom. The van der Waals surface area contributed by atoms with Crippen molar-refractivity contribution in [2.45, 2.75) is 13.3 Å². The fourth-order valence-electron chi connectivity index (χ4n) is 1.39. The van der Waals surface area contributed by atoms with Crippen LogP contribution in [0, 0.1) is 5.92 Å². The Bertz CT molecular complexity index is 390. The van der Waals surface area contributed by atoms with E-state index in [9.17, 15) is 4.79 Å². The van der Waals surface area contributed by atoms with Gasteiger partial charge in [-0.05, 0) is 12.0 Å². The largest absolute Gasteiger partial charge is 0.294 e. The van der Waals surface area contributed by atoms with Gasteiger partial charge in [0.15, 0.2) is 5.78 Å². The lowest BCUT2D eigenvalue weighted by molar-refractivity contribution is 0.0971. The van der Waals surface area contributed by atoms with Crippen LogP contribution in [0.2, 0.25) is 0 Å². The lowest BCUT2D eigenvalue weighted by Crippen LogP contribution is -2.05. The zero-order chi connectivity index (χ0) is 11.4. The highest BCUT2D eigenvalue weighted by atomic mass is 16.1. The van der Waals surface area contributed by atoms with Crippen molar-refractivity contribution in [1.29, 1.82) is 0 Å². The van der Waals surface area contributed by atoms with Crippen molar-refractivity contribution in [1.82, 2.24) is 9.78 Å². The molecule has 1 heterocycles. The normalized spacial score (nSPS) is 12.1. The topological polar surface area (TPSA) is 34.9 Å². The number of ketones is 1. The van der Waals surface area contributed by atoms with Gasteiger partial charge in [-0.1, -0.05) is 19.6 Å². The lowest BCUT2D eigenvalue weighted by Gasteiger charge is -2.04. The maximum atomic E-state index is 11.9. The van der Waals surface area contributed by atoms with Gasteiger partial charge in [-0.25, -0.2) is 0 Å². The first-order valence-corrected chi connectivity index (χ1v) is 4.90. The molecule has 0 bridgehead atoms. The van der Waals surface area contributed by atoms with Gasteiger partial charge < -0.3 is 0 Å². The Labute approximate surface area is 90.1 Å². The first kappa shape index (κ1) is 11.4. The Kier molecular flexibility index (Phi) is 3.61. The predicted octanol–water partition coefficient (Wildman–Crippen LogP) is 2.46. The van der Waals surface area contributed by atoms with E-state index in [1.807, 2.05) is 6.92 Å². The van der Waals surface area contributed by atoms with Crippen molar-refractivity contribution >= 4 is 11.9 Å². The number of hydrogen-bond acceptors (Lipinski definition) is 2. The van der Waals surface area contributed by atoms with Crippen LogP contribution in [0.15, 0.2) is 25.4 Å². The Morgan fingerprint density at radius 3 is 2.87 bits per heavy atom. The van der Waals surface area contributed by atoms with Gasteiger partial charge in [-0.3, -0.25) is 9.48 Å². The van der Waals surface area contributed by atoms with Gasteiger partial charge >= 0.3 is 0 Å². The summed E-state index contributed by atoms with van der Waals surface area (Å²) in [5.74, 6) is 0.278. The standard InChI is InChI=1S/C12H16N2O/c1-5-9(3)7-12(15)10-8-13-14(4)11(10)6-2/h5-6,8-9H,1-2,7H2,3-4H3. The fraction of sp³-hybridized carbons (Fsp3) is 0.333. The van der Waals surface area contributed by atoms with Crippen molar-refractivity contribution in [3.05, 3.63) is 36.7 Å². The van der Waals surface area contributed by atoms with E-state index in [0.717, 1.165) is 5.69 Å². The Hall–Kier alpha value is -1.64. The third-order valence-corrected chi connectivity index (χ3v) is 2.39. The maximum absolute atomic E-state index is 11.9. The van der Waals surface area contributed by atoms with Crippen LogP contribution in [0.3, 0.4) is 0 Å². The van der Waals surface area contributed by atoms with Crippen molar-refractivity contribution < 1.29 is 4.79 Å². The highest BCUT2D eigenvalue weighted by Crippen LogP contribution is 2.15. The zero-order valence-electron chi connectivity index (χ0n) is 9.23. The second kappa shape index (κ2) is 4.73. The van der Waals surface area contributed by atoms with Gasteiger partial charge in [0.2, 0.25) is 0 Å². The van der Waals surface area contributed by atoms with E-state index in [1.54, 1.807) is 30.1 Å². The molecule has 0 saturated carbocycles. The second-order valence-electron chi connectivity index (χ2n) is 3.61. The molecule has 1 rings (SSSR count). The zero-order valence-corrected chi connectivity index (χ0v) is 9.23. The Balaban J connectivity index is 2.91. The lowest BCUT2D eigenvalue weighted by atomic mass is 10.0. The highest BCUT2D eigenvalue weighted by molar-refractivity contribution is 5.98. The van der Waals surface area contributed by atoms with Gasteiger partial charge in [0, 0.05) is 13.5 Å². The molecule has 0 aliphatic heterocycles. The molecule has 1 aromatic heterocycles. The summed E-state index contributed by atoms with van der Waals surface area (Å²) in [6, 6.07) is 0. The first-order chi connectivity index (χ1) is 7.10. The van der Waals surface area contributed by atoms with Crippen molar-refractivity contribution in [2.24, 2.45) is 13.0 Å². The SMILES string of the molecule is C=Cc1c(C(=O)CC(C)C=C)cnn1C. The molecule has 1 aromatic rings. The number of carbonyl (C=O) groups is 1. The average Bonchev–Trinajstić information content (AvgIpc) is 2.59. The monoisotopic (exact) mass is 204 g/mol. The van der Waals surface area contributed by atoms with Gasteiger partial charge in [-0.15, -0.1) is 6.58 Å². The molecule has 0 fully saturated rings. The molecular weight excluding hydrogens is 188 g/mol. The van der Waals surface area contributed by atoms with Gasteiger partial charge in [-0.2, -0.15) is 5.10 Å². The predicted molar refractivity (Wildman–Crippen MR) is 61.6 cm³/mol. The van der Waals surface area contributed by atoms with Gasteiger partial charge in [0.1, 0.15) is 0 Å². The van der Waals surface area contributed by atoms with E-state index in [1.165, 1.54) is 0 Å². The minimum atomic E-state index is 0.0883. The fourth-order valence-corrected chi connectivity index (χ4v) is 1.39. The van der Waals surface area contributed by atoms with Crippen LogP contribution < -0.4 is 0 Å². The van der Waals surface area contributed by atoms with E-state index in [-0.39, 0.29) is 11.7 Å². The van der Waals surface area contributed by atoms with E-state index in [0.29, 0.717) is 12.0 Å². The summed E-state index contributed by atoms with van der Waals surface area (Å²) in [7, 11) is 1.80. The summed E-state index contributed by atoms with van der Waals surface area (Å²) in [6.07, 6.45) is 5.49. The number of carbonyl (C=O) groups excluding carboxylic acids is 1. The van der Waals surface area contributed by atoms with Gasteiger partial charge in [0.05, 0.1) is 17.5 Å². The summed E-state index contributed by atoms with van der Waals surface area (Å²) < 4.78 is 1.65.